The highest BCUT2D eigenvalue weighted by molar-refractivity contribution is 5.19. The molecule has 4 rings (SSSR count). The lowest BCUT2D eigenvalue weighted by molar-refractivity contribution is 0.207. The monoisotopic (exact) mass is 269 g/mol. The highest BCUT2D eigenvalue weighted by Crippen LogP contribution is 2.58. The Hall–Kier alpha value is -0.820. The first kappa shape index (κ1) is 12.9. The average Bonchev–Trinajstić information content (AvgIpc) is 3.17. The first-order valence-corrected chi connectivity index (χ1v) is 8.61. The van der Waals surface area contributed by atoms with Gasteiger partial charge in [0, 0.05) is 12.6 Å². The van der Waals surface area contributed by atoms with Crippen LogP contribution in [0.1, 0.15) is 50.5 Å². The van der Waals surface area contributed by atoms with Crippen LogP contribution in [0.4, 0.5) is 0 Å². The zero-order valence-corrected chi connectivity index (χ0v) is 12.6. The molecular formula is C19H27N. The molecule has 3 aliphatic rings. The lowest BCUT2D eigenvalue weighted by Crippen LogP contribution is -2.40. The van der Waals surface area contributed by atoms with Crippen LogP contribution in [-0.4, -0.2) is 12.6 Å². The summed E-state index contributed by atoms with van der Waals surface area (Å²) in [6.45, 7) is 3.50. The number of fused-ring (bicyclic) bond motifs is 5. The van der Waals surface area contributed by atoms with E-state index in [1.807, 2.05) is 0 Å². The van der Waals surface area contributed by atoms with Gasteiger partial charge < -0.3 is 5.32 Å². The molecule has 0 radical (unpaired) electrons. The summed E-state index contributed by atoms with van der Waals surface area (Å²) < 4.78 is 0. The third-order valence-electron chi connectivity index (χ3n) is 6.48. The van der Waals surface area contributed by atoms with Gasteiger partial charge in [-0.1, -0.05) is 43.7 Å². The molecule has 1 nitrogen and oxygen atoms in total. The maximum Gasteiger partial charge on any atom is 0.0101 e. The molecule has 6 unspecified atom stereocenters. The largest absolute Gasteiger partial charge is 0.313 e. The number of hydrogen-bond acceptors (Lipinski definition) is 1. The fourth-order valence-electron chi connectivity index (χ4n) is 5.53. The molecule has 0 aliphatic heterocycles. The Labute approximate surface area is 123 Å². The molecule has 3 aliphatic carbocycles. The summed E-state index contributed by atoms with van der Waals surface area (Å²) in [5.74, 6) is 4.91. The summed E-state index contributed by atoms with van der Waals surface area (Å²) in [6, 6.07) is 11.8. The van der Waals surface area contributed by atoms with Crippen LogP contribution in [0, 0.1) is 23.7 Å². The van der Waals surface area contributed by atoms with Crippen LogP contribution < -0.4 is 5.32 Å². The zero-order chi connectivity index (χ0) is 13.5. The van der Waals surface area contributed by atoms with Crippen molar-refractivity contribution in [3.05, 3.63) is 35.9 Å². The first-order valence-electron chi connectivity index (χ1n) is 8.61. The van der Waals surface area contributed by atoms with Crippen molar-refractivity contribution in [3.63, 3.8) is 0 Å². The normalized spacial score (nSPS) is 40.0. The Morgan fingerprint density at radius 1 is 1.05 bits per heavy atom. The molecule has 1 heteroatoms. The van der Waals surface area contributed by atoms with E-state index in [0.717, 1.165) is 36.3 Å². The zero-order valence-electron chi connectivity index (χ0n) is 12.6. The maximum atomic E-state index is 3.92. The molecule has 0 heterocycles. The topological polar surface area (TPSA) is 12.0 Å². The molecular weight excluding hydrogens is 242 g/mol. The molecule has 1 N–H and O–H groups in total. The van der Waals surface area contributed by atoms with Crippen LogP contribution in [-0.2, 0) is 0 Å². The molecule has 1 aromatic carbocycles. The van der Waals surface area contributed by atoms with Gasteiger partial charge in [0.1, 0.15) is 0 Å². The van der Waals surface area contributed by atoms with Gasteiger partial charge in [0.05, 0.1) is 0 Å². The molecule has 108 valence electrons. The van der Waals surface area contributed by atoms with Gasteiger partial charge in [-0.25, -0.2) is 0 Å². The van der Waals surface area contributed by atoms with Gasteiger partial charge >= 0.3 is 0 Å². The number of rotatable bonds is 4. The first-order chi connectivity index (χ1) is 9.83. The molecule has 1 aromatic rings. The summed E-state index contributed by atoms with van der Waals surface area (Å²) in [5, 5.41) is 3.92. The van der Waals surface area contributed by atoms with E-state index in [-0.39, 0.29) is 0 Å². The van der Waals surface area contributed by atoms with Crippen molar-refractivity contribution in [1.29, 1.82) is 0 Å². The summed E-state index contributed by atoms with van der Waals surface area (Å²) in [6.07, 6.45) is 7.58. The van der Waals surface area contributed by atoms with E-state index in [2.05, 4.69) is 42.6 Å². The fraction of sp³-hybridized carbons (Fsp3) is 0.684. The van der Waals surface area contributed by atoms with Gasteiger partial charge in [-0.2, -0.15) is 0 Å². The minimum Gasteiger partial charge on any atom is -0.313 e. The van der Waals surface area contributed by atoms with Gasteiger partial charge in [-0.15, -0.1) is 0 Å². The predicted molar refractivity (Wildman–Crippen MR) is 83.7 cm³/mol. The highest BCUT2D eigenvalue weighted by atomic mass is 14.9. The summed E-state index contributed by atoms with van der Waals surface area (Å²) in [7, 11) is 0. The Kier molecular flexibility index (Phi) is 3.34. The summed E-state index contributed by atoms with van der Waals surface area (Å²) in [4.78, 5) is 0. The second-order valence-electron chi connectivity index (χ2n) is 7.48. The second-order valence-corrected chi connectivity index (χ2v) is 7.48. The molecule has 20 heavy (non-hydrogen) atoms. The minimum atomic E-state index is 0.634. The van der Waals surface area contributed by atoms with Crippen molar-refractivity contribution in [2.75, 3.05) is 6.54 Å². The predicted octanol–water partition coefficient (Wildman–Crippen LogP) is 4.20. The molecule has 3 saturated carbocycles. The number of hydrogen-bond donors (Lipinski definition) is 1. The van der Waals surface area contributed by atoms with Crippen LogP contribution in [0.15, 0.2) is 30.3 Å². The van der Waals surface area contributed by atoms with E-state index in [1.54, 1.807) is 6.42 Å². The van der Waals surface area contributed by atoms with Gasteiger partial charge in [-0.3, -0.25) is 0 Å². The number of benzene rings is 1. The molecule has 0 amide bonds. The summed E-state index contributed by atoms with van der Waals surface area (Å²) in [5.41, 5.74) is 1.47. The van der Waals surface area contributed by atoms with Crippen molar-refractivity contribution >= 4 is 0 Å². The van der Waals surface area contributed by atoms with Crippen molar-refractivity contribution in [2.24, 2.45) is 23.7 Å². The molecule has 0 spiro atoms. The third kappa shape index (κ3) is 2.11. The molecule has 6 atom stereocenters. The molecule has 0 saturated heterocycles. The van der Waals surface area contributed by atoms with Crippen LogP contribution in [0.5, 0.6) is 0 Å². The van der Waals surface area contributed by atoms with Gasteiger partial charge in [-0.05, 0) is 60.8 Å². The van der Waals surface area contributed by atoms with E-state index in [1.165, 1.54) is 31.2 Å². The SMILES string of the molecule is CC(CNC1CC2CC1C1CCCC21)c1ccccc1. The van der Waals surface area contributed by atoms with Gasteiger partial charge in [0.25, 0.3) is 0 Å². The molecule has 3 fully saturated rings. The van der Waals surface area contributed by atoms with E-state index < -0.39 is 0 Å². The van der Waals surface area contributed by atoms with Crippen LogP contribution in [0.2, 0.25) is 0 Å². The van der Waals surface area contributed by atoms with Gasteiger partial charge in [0.15, 0.2) is 0 Å². The van der Waals surface area contributed by atoms with Crippen molar-refractivity contribution in [3.8, 4) is 0 Å². The molecule has 0 aromatic heterocycles. The van der Waals surface area contributed by atoms with Crippen LogP contribution >= 0.6 is 0 Å². The lowest BCUT2D eigenvalue weighted by atomic mass is 9.79. The Morgan fingerprint density at radius 3 is 2.70 bits per heavy atom. The van der Waals surface area contributed by atoms with Crippen molar-refractivity contribution < 1.29 is 0 Å². The quantitative estimate of drug-likeness (QED) is 0.863. The van der Waals surface area contributed by atoms with Crippen LogP contribution in [0.25, 0.3) is 0 Å². The smallest absolute Gasteiger partial charge is 0.0101 e. The third-order valence-corrected chi connectivity index (χ3v) is 6.48. The van der Waals surface area contributed by atoms with Crippen molar-refractivity contribution in [1.82, 2.24) is 5.32 Å². The van der Waals surface area contributed by atoms with E-state index >= 15 is 0 Å². The van der Waals surface area contributed by atoms with E-state index in [9.17, 15) is 0 Å². The molecule has 2 bridgehead atoms. The van der Waals surface area contributed by atoms with E-state index in [0.29, 0.717) is 5.92 Å². The fourth-order valence-corrected chi connectivity index (χ4v) is 5.53. The Bertz CT molecular complexity index is 454. The minimum absolute atomic E-state index is 0.634. The highest BCUT2D eigenvalue weighted by Gasteiger charge is 2.53. The Balaban J connectivity index is 1.35. The lowest BCUT2D eigenvalue weighted by Gasteiger charge is -2.33. The van der Waals surface area contributed by atoms with Gasteiger partial charge in [0.2, 0.25) is 0 Å². The summed E-state index contributed by atoms with van der Waals surface area (Å²) >= 11 is 0. The second kappa shape index (κ2) is 5.18. The maximum absolute atomic E-state index is 3.92. The Morgan fingerprint density at radius 2 is 1.85 bits per heavy atom. The van der Waals surface area contributed by atoms with Crippen molar-refractivity contribution in [2.45, 2.75) is 51.0 Å². The van der Waals surface area contributed by atoms with E-state index in [4.69, 9.17) is 0 Å². The van der Waals surface area contributed by atoms with Crippen LogP contribution in [0.3, 0.4) is 0 Å². The average molecular weight is 269 g/mol. The number of nitrogens with one attached hydrogen (secondary N) is 1. The standard InChI is InChI=1S/C19H27N/c1-13(14-6-3-2-4-7-14)12-20-19-11-15-10-18(19)17-9-5-8-16(15)17/h2-4,6-7,13,15-20H,5,8-12H2,1H3.